The van der Waals surface area contributed by atoms with Crippen LogP contribution in [0.1, 0.15) is 44.6 Å². The molecule has 188 valence electrons. The molecule has 7 rings (SSSR count). The van der Waals surface area contributed by atoms with Crippen molar-refractivity contribution in [3.05, 3.63) is 36.2 Å². The van der Waals surface area contributed by atoms with Gasteiger partial charge in [-0.15, -0.1) is 0 Å². The Balaban J connectivity index is 1.21. The summed E-state index contributed by atoms with van der Waals surface area (Å²) in [6, 6.07) is 1.93. The number of methoxy groups -OCH3 is 1. The molecule has 8 nitrogen and oxygen atoms in total. The molecule has 1 spiro atoms. The lowest BCUT2D eigenvalue weighted by molar-refractivity contribution is -0.0377. The van der Waals surface area contributed by atoms with Gasteiger partial charge in [0.2, 0.25) is 0 Å². The first kappa shape index (κ1) is 22.0. The number of aromatic amines is 1. The fourth-order valence-electron chi connectivity index (χ4n) is 6.56. The van der Waals surface area contributed by atoms with Gasteiger partial charge in [0, 0.05) is 55.3 Å². The predicted molar refractivity (Wildman–Crippen MR) is 137 cm³/mol. The minimum absolute atomic E-state index is 0.102. The summed E-state index contributed by atoms with van der Waals surface area (Å²) in [4.78, 5) is 17.0. The van der Waals surface area contributed by atoms with Gasteiger partial charge < -0.3 is 19.5 Å². The monoisotopic (exact) mass is 489 g/mol. The molecule has 0 radical (unpaired) electrons. The summed E-state index contributed by atoms with van der Waals surface area (Å²) >= 11 is 0. The van der Waals surface area contributed by atoms with Crippen LogP contribution in [0.2, 0.25) is 0 Å². The number of pyridine rings is 2. The third-order valence-corrected chi connectivity index (χ3v) is 8.44. The quantitative estimate of drug-likeness (QED) is 0.431. The van der Waals surface area contributed by atoms with Crippen LogP contribution in [0.25, 0.3) is 27.8 Å². The van der Waals surface area contributed by atoms with Crippen LogP contribution >= 0.6 is 0 Å². The maximum absolute atomic E-state index is 16.1. The molecule has 0 bridgehead atoms. The highest BCUT2D eigenvalue weighted by molar-refractivity contribution is 5.93. The van der Waals surface area contributed by atoms with Crippen LogP contribution in [-0.2, 0) is 0 Å². The van der Waals surface area contributed by atoms with Crippen molar-refractivity contribution in [2.45, 2.75) is 39.0 Å². The maximum Gasteiger partial charge on any atom is 0.197 e. The van der Waals surface area contributed by atoms with Crippen LogP contribution in [0, 0.1) is 17.2 Å². The molecule has 2 aliphatic heterocycles. The number of likely N-dealkylation sites (tertiary alicyclic amines) is 1. The molecule has 36 heavy (non-hydrogen) atoms. The SMILES string of the molecule is COc1cc(-c2[nH]c3cnc(N4CC5(CN(CC6CCC6)C5)C4)c(F)c3c2C(C)C)cn2ncnc12. The summed E-state index contributed by atoms with van der Waals surface area (Å²) in [7, 11) is 1.62. The second kappa shape index (κ2) is 7.90. The van der Waals surface area contributed by atoms with E-state index in [1.165, 1.54) is 32.1 Å². The number of fused-ring (bicyclic) bond motifs is 2. The molecule has 1 aliphatic carbocycles. The molecule has 6 heterocycles. The summed E-state index contributed by atoms with van der Waals surface area (Å²) in [5.74, 6) is 1.87. The minimum Gasteiger partial charge on any atom is -0.493 e. The Labute approximate surface area is 209 Å². The third kappa shape index (κ3) is 3.25. The van der Waals surface area contributed by atoms with Crippen molar-refractivity contribution in [3.63, 3.8) is 0 Å². The fourth-order valence-corrected chi connectivity index (χ4v) is 6.56. The first-order valence-electron chi connectivity index (χ1n) is 13.0. The van der Waals surface area contributed by atoms with E-state index in [2.05, 4.69) is 43.7 Å². The lowest BCUT2D eigenvalue weighted by Crippen LogP contribution is -2.72. The number of hydrogen-bond acceptors (Lipinski definition) is 6. The van der Waals surface area contributed by atoms with Gasteiger partial charge in [0.1, 0.15) is 6.33 Å². The number of rotatable bonds is 6. The molecule has 9 heteroatoms. The van der Waals surface area contributed by atoms with Gasteiger partial charge in [-0.1, -0.05) is 20.3 Å². The second-order valence-electron chi connectivity index (χ2n) is 11.4. The smallest absolute Gasteiger partial charge is 0.197 e. The van der Waals surface area contributed by atoms with Crippen molar-refractivity contribution in [2.75, 3.05) is 44.7 Å². The largest absolute Gasteiger partial charge is 0.493 e. The Morgan fingerprint density at radius 1 is 1.19 bits per heavy atom. The van der Waals surface area contributed by atoms with Crippen molar-refractivity contribution in [2.24, 2.45) is 11.3 Å². The van der Waals surface area contributed by atoms with E-state index in [1.54, 1.807) is 17.8 Å². The summed E-state index contributed by atoms with van der Waals surface area (Å²) in [5.41, 5.74) is 4.35. The highest BCUT2D eigenvalue weighted by Gasteiger charge is 2.52. The molecule has 0 atom stereocenters. The molecule has 2 saturated heterocycles. The number of halogens is 1. The van der Waals surface area contributed by atoms with Crippen LogP contribution < -0.4 is 9.64 Å². The number of nitrogens with one attached hydrogen (secondary N) is 1. The van der Waals surface area contributed by atoms with E-state index in [0.717, 1.165) is 48.9 Å². The minimum atomic E-state index is -0.229. The third-order valence-electron chi connectivity index (χ3n) is 8.44. The van der Waals surface area contributed by atoms with Gasteiger partial charge in [0.25, 0.3) is 0 Å². The molecule has 4 aromatic heterocycles. The van der Waals surface area contributed by atoms with Crippen molar-refractivity contribution >= 4 is 22.4 Å². The van der Waals surface area contributed by atoms with Crippen LogP contribution in [0.15, 0.2) is 24.8 Å². The summed E-state index contributed by atoms with van der Waals surface area (Å²) in [5, 5.41) is 4.92. The summed E-state index contributed by atoms with van der Waals surface area (Å²) in [6.45, 7) is 9.50. The standard InChI is InChI=1S/C27H32FN7O/c1-16(2)21-22-19(32-24(21)18-7-20(36-3)25-30-15-31-35(25)10-18)8-29-26(23(22)28)34-13-27(14-34)11-33(12-27)9-17-5-4-6-17/h7-8,10,15-17,32H,4-6,9,11-14H2,1-3H3. The van der Waals surface area contributed by atoms with Crippen molar-refractivity contribution in [3.8, 4) is 17.0 Å². The average Bonchev–Trinajstić information content (AvgIpc) is 3.41. The zero-order valence-electron chi connectivity index (χ0n) is 21.1. The molecule has 3 fully saturated rings. The molecular formula is C27H32FN7O. The highest BCUT2D eigenvalue weighted by atomic mass is 19.1. The number of H-pyrrole nitrogens is 1. The van der Waals surface area contributed by atoms with Gasteiger partial charge in [-0.3, -0.25) is 0 Å². The maximum atomic E-state index is 16.1. The van der Waals surface area contributed by atoms with Gasteiger partial charge in [0.05, 0.1) is 24.5 Å². The van der Waals surface area contributed by atoms with E-state index >= 15 is 4.39 Å². The number of ether oxygens (including phenoxy) is 1. The molecule has 1 N–H and O–H groups in total. The van der Waals surface area contributed by atoms with Gasteiger partial charge in [-0.25, -0.2) is 18.9 Å². The van der Waals surface area contributed by atoms with Crippen LogP contribution in [0.3, 0.4) is 0 Å². The number of aromatic nitrogens is 5. The zero-order chi connectivity index (χ0) is 24.6. The van der Waals surface area contributed by atoms with E-state index in [1.807, 2.05) is 12.3 Å². The van der Waals surface area contributed by atoms with Gasteiger partial charge in [-0.2, -0.15) is 5.10 Å². The Kier molecular flexibility index (Phi) is 4.83. The average molecular weight is 490 g/mol. The van der Waals surface area contributed by atoms with Crippen molar-refractivity contribution < 1.29 is 9.13 Å². The van der Waals surface area contributed by atoms with E-state index < -0.39 is 0 Å². The Hall–Kier alpha value is -3.20. The molecule has 0 aromatic carbocycles. The highest BCUT2D eigenvalue weighted by Crippen LogP contribution is 2.45. The predicted octanol–water partition coefficient (Wildman–Crippen LogP) is 4.47. The number of hydrogen-bond donors (Lipinski definition) is 1. The lowest BCUT2D eigenvalue weighted by Gasteiger charge is -2.61. The zero-order valence-corrected chi connectivity index (χ0v) is 21.1. The van der Waals surface area contributed by atoms with E-state index in [4.69, 9.17) is 4.74 Å². The molecule has 0 unspecified atom stereocenters. The molecule has 3 aliphatic rings. The molecule has 1 saturated carbocycles. The van der Waals surface area contributed by atoms with Crippen LogP contribution in [-0.4, -0.2) is 69.3 Å². The van der Waals surface area contributed by atoms with Gasteiger partial charge in [0.15, 0.2) is 23.0 Å². The van der Waals surface area contributed by atoms with Crippen molar-refractivity contribution in [1.82, 2.24) is 29.5 Å². The second-order valence-corrected chi connectivity index (χ2v) is 11.4. The van der Waals surface area contributed by atoms with Crippen LogP contribution in [0.4, 0.5) is 10.2 Å². The molecule has 0 amide bonds. The topological polar surface area (TPSA) is 74.6 Å². The first-order chi connectivity index (χ1) is 17.4. The Morgan fingerprint density at radius 3 is 2.69 bits per heavy atom. The number of anilines is 1. The van der Waals surface area contributed by atoms with E-state index in [9.17, 15) is 0 Å². The fraction of sp³-hybridized carbons (Fsp3) is 0.519. The first-order valence-corrected chi connectivity index (χ1v) is 13.0. The van der Waals surface area contributed by atoms with E-state index in [-0.39, 0.29) is 11.7 Å². The van der Waals surface area contributed by atoms with E-state index in [0.29, 0.717) is 33.5 Å². The van der Waals surface area contributed by atoms with Gasteiger partial charge in [-0.05, 0) is 36.3 Å². The van der Waals surface area contributed by atoms with Gasteiger partial charge >= 0.3 is 0 Å². The van der Waals surface area contributed by atoms with Crippen molar-refractivity contribution in [1.29, 1.82) is 0 Å². The van der Waals surface area contributed by atoms with Crippen LogP contribution in [0.5, 0.6) is 5.75 Å². The molecule has 4 aromatic rings. The Bertz CT molecular complexity index is 1460. The summed E-state index contributed by atoms with van der Waals surface area (Å²) in [6.07, 6.45) is 9.36. The summed E-state index contributed by atoms with van der Waals surface area (Å²) < 4.78 is 23.4. The number of nitrogens with zero attached hydrogens (tertiary/aromatic N) is 6. The lowest BCUT2D eigenvalue weighted by atomic mass is 9.71. The normalized spacial score (nSPS) is 19.8. The Morgan fingerprint density at radius 2 is 2.00 bits per heavy atom. The molecular weight excluding hydrogens is 457 g/mol.